The molecular weight excluding hydrogens is 284 g/mol. The van der Waals surface area contributed by atoms with E-state index in [-0.39, 0.29) is 4.90 Å². The highest BCUT2D eigenvalue weighted by molar-refractivity contribution is 7.91. The zero-order valence-corrected chi connectivity index (χ0v) is 11.4. The van der Waals surface area contributed by atoms with Crippen LogP contribution >= 0.6 is 11.6 Å². The minimum absolute atomic E-state index is 0.372. The van der Waals surface area contributed by atoms with Crippen molar-refractivity contribution in [3.8, 4) is 0 Å². The summed E-state index contributed by atoms with van der Waals surface area (Å²) in [7, 11) is -4.52. The molecule has 7 heteroatoms. The van der Waals surface area contributed by atoms with Crippen LogP contribution in [0.1, 0.15) is 6.92 Å². The van der Waals surface area contributed by atoms with Gasteiger partial charge in [0.1, 0.15) is 0 Å². The summed E-state index contributed by atoms with van der Waals surface area (Å²) in [5, 5.41) is 0. The van der Waals surface area contributed by atoms with Crippen molar-refractivity contribution in [3.05, 3.63) is 24.3 Å². The lowest BCUT2D eigenvalue weighted by atomic mass is 10.3. The van der Waals surface area contributed by atoms with Crippen molar-refractivity contribution in [2.75, 3.05) is 23.9 Å². The van der Waals surface area contributed by atoms with Crippen LogP contribution in [0.3, 0.4) is 0 Å². The summed E-state index contributed by atoms with van der Waals surface area (Å²) in [6.45, 7) is 3.24. The van der Waals surface area contributed by atoms with E-state index in [4.69, 9.17) is 11.6 Å². The molecule has 0 saturated heterocycles. The molecule has 0 atom stereocenters. The number of halogens is 3. The maximum absolute atomic E-state index is 12.3. The first-order valence-electron chi connectivity index (χ1n) is 5.36. The average Bonchev–Trinajstić information content (AvgIpc) is 2.36. The molecule has 0 aromatic heterocycles. The van der Waals surface area contributed by atoms with Gasteiger partial charge in [-0.1, -0.05) is 0 Å². The summed E-state index contributed by atoms with van der Waals surface area (Å²) in [5.41, 5.74) is 0.756. The SMILES string of the molecule is CCN(CCCl)c1ccc(S(=O)(=O)C(F)F)cc1. The fraction of sp³-hybridized carbons (Fsp3) is 0.455. The summed E-state index contributed by atoms with van der Waals surface area (Å²) >= 11 is 5.63. The molecule has 0 radical (unpaired) electrons. The van der Waals surface area contributed by atoms with E-state index in [2.05, 4.69) is 0 Å². The van der Waals surface area contributed by atoms with Gasteiger partial charge in [0.15, 0.2) is 0 Å². The van der Waals surface area contributed by atoms with Gasteiger partial charge in [-0.3, -0.25) is 0 Å². The van der Waals surface area contributed by atoms with E-state index in [9.17, 15) is 17.2 Å². The molecule has 102 valence electrons. The van der Waals surface area contributed by atoms with Crippen molar-refractivity contribution >= 4 is 27.1 Å². The largest absolute Gasteiger partial charge is 0.371 e. The Morgan fingerprint density at radius 2 is 1.83 bits per heavy atom. The third-order valence-corrected chi connectivity index (χ3v) is 4.07. The molecule has 0 heterocycles. The summed E-state index contributed by atoms with van der Waals surface area (Å²) in [6, 6.07) is 5.39. The number of anilines is 1. The molecule has 1 aromatic rings. The zero-order chi connectivity index (χ0) is 13.8. The maximum Gasteiger partial charge on any atom is 0.341 e. The number of hydrogen-bond acceptors (Lipinski definition) is 3. The smallest absolute Gasteiger partial charge is 0.341 e. The second-order valence-electron chi connectivity index (χ2n) is 3.57. The van der Waals surface area contributed by atoms with Gasteiger partial charge in [0.05, 0.1) is 4.90 Å². The quantitative estimate of drug-likeness (QED) is 0.758. The molecule has 0 N–H and O–H groups in total. The van der Waals surface area contributed by atoms with E-state index in [0.29, 0.717) is 19.0 Å². The van der Waals surface area contributed by atoms with Gasteiger partial charge in [0.2, 0.25) is 9.84 Å². The Labute approximate surface area is 110 Å². The fourth-order valence-electron chi connectivity index (χ4n) is 1.52. The van der Waals surface area contributed by atoms with Crippen LogP contribution in [0.4, 0.5) is 14.5 Å². The monoisotopic (exact) mass is 297 g/mol. The molecule has 0 aliphatic carbocycles. The molecule has 0 aliphatic rings. The minimum Gasteiger partial charge on any atom is -0.371 e. The molecular formula is C11H14ClF2NO2S. The van der Waals surface area contributed by atoms with Crippen molar-refractivity contribution in [2.24, 2.45) is 0 Å². The van der Waals surface area contributed by atoms with Gasteiger partial charge in [-0.05, 0) is 31.2 Å². The lowest BCUT2D eigenvalue weighted by Crippen LogP contribution is -2.24. The lowest BCUT2D eigenvalue weighted by Gasteiger charge is -2.22. The topological polar surface area (TPSA) is 37.4 Å². The van der Waals surface area contributed by atoms with Crippen molar-refractivity contribution in [3.63, 3.8) is 0 Å². The highest BCUT2D eigenvalue weighted by Crippen LogP contribution is 2.22. The molecule has 1 rings (SSSR count). The Bertz CT molecular complexity index is 476. The molecule has 0 aliphatic heterocycles. The zero-order valence-electron chi connectivity index (χ0n) is 9.81. The normalized spacial score (nSPS) is 11.8. The van der Waals surface area contributed by atoms with E-state index in [1.807, 2.05) is 11.8 Å². The Morgan fingerprint density at radius 1 is 1.28 bits per heavy atom. The van der Waals surface area contributed by atoms with Crippen LogP contribution in [0.25, 0.3) is 0 Å². The first kappa shape index (κ1) is 15.2. The van der Waals surface area contributed by atoms with Gasteiger partial charge in [0, 0.05) is 24.7 Å². The summed E-state index contributed by atoms with van der Waals surface area (Å²) in [5.74, 6) is -2.96. The number of hydrogen-bond donors (Lipinski definition) is 0. The number of sulfone groups is 1. The Balaban J connectivity index is 2.99. The van der Waals surface area contributed by atoms with Gasteiger partial charge in [-0.15, -0.1) is 11.6 Å². The predicted molar refractivity (Wildman–Crippen MR) is 68.2 cm³/mol. The van der Waals surface area contributed by atoms with Gasteiger partial charge in [-0.25, -0.2) is 8.42 Å². The highest BCUT2D eigenvalue weighted by Gasteiger charge is 2.26. The van der Waals surface area contributed by atoms with Crippen LogP contribution in [0.2, 0.25) is 0 Å². The molecule has 0 spiro atoms. The molecule has 1 aromatic carbocycles. The van der Waals surface area contributed by atoms with E-state index < -0.39 is 15.6 Å². The highest BCUT2D eigenvalue weighted by atomic mass is 35.5. The van der Waals surface area contributed by atoms with Crippen molar-refractivity contribution in [2.45, 2.75) is 17.6 Å². The Kier molecular flexibility index (Phi) is 5.34. The maximum atomic E-state index is 12.3. The summed E-state index contributed by atoms with van der Waals surface area (Å²) in [6.07, 6.45) is 0. The number of alkyl halides is 3. The Morgan fingerprint density at radius 3 is 2.22 bits per heavy atom. The minimum atomic E-state index is -4.52. The van der Waals surface area contributed by atoms with Crippen LogP contribution in [0.15, 0.2) is 29.2 Å². The van der Waals surface area contributed by atoms with Gasteiger partial charge in [0.25, 0.3) is 0 Å². The van der Waals surface area contributed by atoms with Gasteiger partial charge < -0.3 is 4.90 Å². The van der Waals surface area contributed by atoms with E-state index in [1.54, 1.807) is 0 Å². The van der Waals surface area contributed by atoms with Gasteiger partial charge >= 0.3 is 5.76 Å². The van der Waals surface area contributed by atoms with E-state index in [1.165, 1.54) is 24.3 Å². The van der Waals surface area contributed by atoms with Crippen LogP contribution in [-0.2, 0) is 9.84 Å². The van der Waals surface area contributed by atoms with Crippen LogP contribution < -0.4 is 4.90 Å². The first-order valence-corrected chi connectivity index (χ1v) is 7.44. The molecule has 0 unspecified atom stereocenters. The Hall–Kier alpha value is -0.880. The number of benzene rings is 1. The van der Waals surface area contributed by atoms with Crippen molar-refractivity contribution in [1.82, 2.24) is 0 Å². The standard InChI is InChI=1S/C11H14ClF2NO2S/c1-2-15(8-7-12)9-3-5-10(6-4-9)18(16,17)11(13)14/h3-6,11H,2,7-8H2,1H3. The second-order valence-corrected chi connectivity index (χ2v) is 5.86. The molecule has 0 amide bonds. The van der Waals surface area contributed by atoms with Crippen LogP contribution in [0, 0.1) is 0 Å². The fourth-order valence-corrected chi connectivity index (χ4v) is 2.45. The third-order valence-electron chi connectivity index (χ3n) is 2.50. The summed E-state index contributed by atoms with van der Waals surface area (Å²) in [4.78, 5) is 1.55. The van der Waals surface area contributed by atoms with E-state index >= 15 is 0 Å². The molecule has 0 fully saturated rings. The van der Waals surface area contributed by atoms with Crippen LogP contribution in [-0.4, -0.2) is 33.1 Å². The molecule has 3 nitrogen and oxygen atoms in total. The summed E-state index contributed by atoms with van der Waals surface area (Å²) < 4.78 is 47.1. The van der Waals surface area contributed by atoms with E-state index in [0.717, 1.165) is 5.69 Å². The number of nitrogens with zero attached hydrogens (tertiary/aromatic N) is 1. The molecule has 0 bridgehead atoms. The predicted octanol–water partition coefficient (Wildman–Crippen LogP) is 2.75. The molecule has 0 saturated carbocycles. The van der Waals surface area contributed by atoms with Gasteiger partial charge in [-0.2, -0.15) is 8.78 Å². The van der Waals surface area contributed by atoms with Crippen LogP contribution in [0.5, 0.6) is 0 Å². The number of rotatable bonds is 6. The average molecular weight is 298 g/mol. The molecule has 18 heavy (non-hydrogen) atoms. The second kappa shape index (κ2) is 6.33. The van der Waals surface area contributed by atoms with Crippen molar-refractivity contribution in [1.29, 1.82) is 0 Å². The lowest BCUT2D eigenvalue weighted by molar-refractivity contribution is 0.234. The van der Waals surface area contributed by atoms with Crippen molar-refractivity contribution < 1.29 is 17.2 Å². The first-order chi connectivity index (χ1) is 8.43. The third kappa shape index (κ3) is 3.32.